The zero-order chi connectivity index (χ0) is 25.4. The number of nitrogens with one attached hydrogen (secondary N) is 1. The van der Waals surface area contributed by atoms with Crippen LogP contribution >= 0.6 is 12.2 Å². The average molecular weight is 512 g/mol. The van der Waals surface area contributed by atoms with Crippen LogP contribution in [0.3, 0.4) is 0 Å². The van der Waals surface area contributed by atoms with Crippen LogP contribution in [0, 0.1) is 18.8 Å². The second kappa shape index (κ2) is 10.1. The highest BCUT2D eigenvalue weighted by Gasteiger charge is 2.43. The van der Waals surface area contributed by atoms with E-state index in [1.165, 1.54) is 18.4 Å². The minimum absolute atomic E-state index is 0.130. The fraction of sp³-hybridized carbons (Fsp3) is 0.448. The summed E-state index contributed by atoms with van der Waals surface area (Å²) in [6.07, 6.45) is 1.61. The van der Waals surface area contributed by atoms with Gasteiger partial charge >= 0.3 is 6.18 Å². The Hall–Kier alpha value is -2.51. The molecule has 0 amide bonds. The molecule has 1 N–H and O–H groups in total. The SMILES string of the molecule is CC[C@H]1CN2CCC1C[C@H]2[C@@H](CC(=S)Nc1cc(C)cc(C(F)(F)F)c1)c1ccnc2ccccc12. The highest BCUT2D eigenvalue weighted by atomic mass is 32.1. The summed E-state index contributed by atoms with van der Waals surface area (Å²) in [6.45, 7) is 6.16. The maximum atomic E-state index is 13.4. The van der Waals surface area contributed by atoms with Crippen molar-refractivity contribution in [2.75, 3.05) is 18.4 Å². The highest BCUT2D eigenvalue weighted by Crippen LogP contribution is 2.45. The molecule has 3 fully saturated rings. The summed E-state index contributed by atoms with van der Waals surface area (Å²) in [4.78, 5) is 7.76. The van der Waals surface area contributed by atoms with Gasteiger partial charge in [-0.3, -0.25) is 9.88 Å². The third-order valence-electron chi connectivity index (χ3n) is 8.10. The molecular formula is C29H32F3N3S. The minimum atomic E-state index is -4.40. The number of rotatable bonds is 6. The van der Waals surface area contributed by atoms with E-state index in [1.807, 2.05) is 24.4 Å². The molecule has 0 aliphatic carbocycles. The van der Waals surface area contributed by atoms with Crippen molar-refractivity contribution in [2.45, 2.75) is 57.7 Å². The normalized spacial score (nSPS) is 24.6. The van der Waals surface area contributed by atoms with Crippen molar-refractivity contribution < 1.29 is 13.2 Å². The predicted molar refractivity (Wildman–Crippen MR) is 143 cm³/mol. The fourth-order valence-electron chi connectivity index (χ4n) is 6.39. The number of nitrogens with zero attached hydrogens (tertiary/aromatic N) is 2. The van der Waals surface area contributed by atoms with E-state index in [4.69, 9.17) is 12.2 Å². The van der Waals surface area contributed by atoms with Crippen LogP contribution in [0.4, 0.5) is 18.9 Å². The number of hydrogen-bond acceptors (Lipinski definition) is 3. The lowest BCUT2D eigenvalue weighted by atomic mass is 9.69. The van der Waals surface area contributed by atoms with Gasteiger partial charge in [0, 0.05) is 42.2 Å². The van der Waals surface area contributed by atoms with E-state index in [0.29, 0.717) is 34.6 Å². The number of halogens is 3. The summed E-state index contributed by atoms with van der Waals surface area (Å²) in [7, 11) is 0. The first-order valence-corrected chi connectivity index (χ1v) is 13.2. The van der Waals surface area contributed by atoms with E-state index in [1.54, 1.807) is 13.0 Å². The Morgan fingerprint density at radius 3 is 2.72 bits per heavy atom. The number of piperidine rings is 3. The molecule has 6 rings (SSSR count). The molecule has 0 spiro atoms. The van der Waals surface area contributed by atoms with Gasteiger partial charge in [0.25, 0.3) is 0 Å². The fourth-order valence-corrected chi connectivity index (χ4v) is 6.68. The van der Waals surface area contributed by atoms with Crippen molar-refractivity contribution in [3.8, 4) is 0 Å². The molecule has 3 saturated heterocycles. The molecule has 2 bridgehead atoms. The number of aromatic nitrogens is 1. The van der Waals surface area contributed by atoms with E-state index in [-0.39, 0.29) is 5.92 Å². The van der Waals surface area contributed by atoms with Gasteiger partial charge in [-0.2, -0.15) is 13.2 Å². The smallest absolute Gasteiger partial charge is 0.350 e. The average Bonchev–Trinajstić information content (AvgIpc) is 2.86. The van der Waals surface area contributed by atoms with Crippen LogP contribution < -0.4 is 5.32 Å². The molecule has 1 aromatic heterocycles. The predicted octanol–water partition coefficient (Wildman–Crippen LogP) is 7.60. The van der Waals surface area contributed by atoms with Gasteiger partial charge in [0.2, 0.25) is 0 Å². The van der Waals surface area contributed by atoms with E-state index < -0.39 is 11.7 Å². The lowest BCUT2D eigenvalue weighted by molar-refractivity contribution is -0.137. The van der Waals surface area contributed by atoms with Gasteiger partial charge < -0.3 is 5.32 Å². The zero-order valence-electron chi connectivity index (χ0n) is 20.7. The number of benzene rings is 2. The van der Waals surface area contributed by atoms with Crippen molar-refractivity contribution >= 4 is 33.8 Å². The standard InChI is InChI=1S/C29H32F3N3S/c1-3-19-17-35-11-9-20(19)14-27(35)25(23-8-10-33-26-7-5-4-6-24(23)26)16-28(36)34-22-13-18(2)12-21(15-22)29(30,31)32/h4-8,10,12-13,15,19-20,25,27H,3,9,11,14,16-17H2,1-2H3,(H,34,36)/t19-,20?,25-,27-/m0/s1. The van der Waals surface area contributed by atoms with E-state index in [0.717, 1.165) is 48.5 Å². The number of aryl methyl sites for hydroxylation is 1. The lowest BCUT2D eigenvalue weighted by Gasteiger charge is -2.52. The van der Waals surface area contributed by atoms with Gasteiger partial charge in [-0.25, -0.2) is 0 Å². The van der Waals surface area contributed by atoms with Gasteiger partial charge in [0.1, 0.15) is 0 Å². The molecule has 2 unspecified atom stereocenters. The van der Waals surface area contributed by atoms with Crippen molar-refractivity contribution in [3.63, 3.8) is 0 Å². The highest BCUT2D eigenvalue weighted by molar-refractivity contribution is 7.80. The van der Waals surface area contributed by atoms with E-state index in [9.17, 15) is 13.2 Å². The van der Waals surface area contributed by atoms with Gasteiger partial charge in [0.15, 0.2) is 0 Å². The molecule has 3 aliphatic rings. The summed E-state index contributed by atoms with van der Waals surface area (Å²) < 4.78 is 40.1. The molecule has 3 aliphatic heterocycles. The summed E-state index contributed by atoms with van der Waals surface area (Å²) in [6, 6.07) is 14.6. The molecule has 3 aromatic rings. The van der Waals surface area contributed by atoms with Crippen molar-refractivity contribution in [2.24, 2.45) is 11.8 Å². The monoisotopic (exact) mass is 511 g/mol. The van der Waals surface area contributed by atoms with Gasteiger partial charge in [-0.05, 0) is 79.6 Å². The number of para-hydroxylation sites is 1. The molecular weight excluding hydrogens is 479 g/mol. The van der Waals surface area contributed by atoms with Crippen LogP contribution in [0.2, 0.25) is 0 Å². The molecule has 190 valence electrons. The summed E-state index contributed by atoms with van der Waals surface area (Å²) >= 11 is 5.79. The molecule has 0 saturated carbocycles. The van der Waals surface area contributed by atoms with Crippen LogP contribution in [0.25, 0.3) is 10.9 Å². The maximum absolute atomic E-state index is 13.4. The Morgan fingerprint density at radius 2 is 2.00 bits per heavy atom. The molecule has 5 atom stereocenters. The Labute approximate surface area is 216 Å². The second-order valence-corrected chi connectivity index (χ2v) is 10.9. The Balaban J connectivity index is 1.46. The zero-order valence-corrected chi connectivity index (χ0v) is 21.5. The van der Waals surface area contributed by atoms with Crippen molar-refractivity contribution in [1.29, 1.82) is 0 Å². The van der Waals surface area contributed by atoms with E-state index in [2.05, 4.69) is 34.3 Å². The number of hydrogen-bond donors (Lipinski definition) is 1. The number of pyridine rings is 1. The third kappa shape index (κ3) is 5.14. The minimum Gasteiger partial charge on any atom is -0.350 e. The van der Waals surface area contributed by atoms with Gasteiger partial charge in [0.05, 0.1) is 16.1 Å². The quantitative estimate of drug-likeness (QED) is 0.345. The number of fused-ring (bicyclic) bond motifs is 4. The third-order valence-corrected chi connectivity index (χ3v) is 8.37. The van der Waals surface area contributed by atoms with Crippen LogP contribution in [-0.2, 0) is 6.18 Å². The van der Waals surface area contributed by atoms with Gasteiger partial charge in [-0.15, -0.1) is 0 Å². The topological polar surface area (TPSA) is 28.2 Å². The second-order valence-electron chi connectivity index (χ2n) is 10.4. The molecule has 4 heterocycles. The van der Waals surface area contributed by atoms with Crippen molar-refractivity contribution in [1.82, 2.24) is 9.88 Å². The lowest BCUT2D eigenvalue weighted by Crippen LogP contribution is -2.55. The summed E-state index contributed by atoms with van der Waals surface area (Å²) in [5, 5.41) is 4.27. The molecule has 0 radical (unpaired) electrons. The first-order valence-electron chi connectivity index (χ1n) is 12.8. The van der Waals surface area contributed by atoms with Crippen molar-refractivity contribution in [3.05, 3.63) is 71.4 Å². The molecule has 36 heavy (non-hydrogen) atoms. The first kappa shape index (κ1) is 25.2. The van der Waals surface area contributed by atoms with Gasteiger partial charge in [-0.1, -0.05) is 43.8 Å². The Bertz CT molecular complexity index is 1250. The largest absolute Gasteiger partial charge is 0.416 e. The molecule has 2 aromatic carbocycles. The first-order chi connectivity index (χ1) is 17.2. The van der Waals surface area contributed by atoms with Crippen LogP contribution in [0.1, 0.15) is 55.2 Å². The summed E-state index contributed by atoms with van der Waals surface area (Å²) in [5.74, 6) is 1.58. The van der Waals surface area contributed by atoms with Crippen LogP contribution in [0.15, 0.2) is 54.7 Å². The molecule has 3 nitrogen and oxygen atoms in total. The van der Waals surface area contributed by atoms with Crippen LogP contribution in [-0.4, -0.2) is 34.0 Å². The van der Waals surface area contributed by atoms with Crippen LogP contribution in [0.5, 0.6) is 0 Å². The Morgan fingerprint density at radius 1 is 1.19 bits per heavy atom. The summed E-state index contributed by atoms with van der Waals surface area (Å²) in [5.41, 5.74) is 2.45. The number of thiocarbonyl (C=S) groups is 1. The molecule has 7 heteroatoms. The Kier molecular flexibility index (Phi) is 7.05. The van der Waals surface area contributed by atoms with E-state index >= 15 is 0 Å². The number of alkyl halides is 3. The maximum Gasteiger partial charge on any atom is 0.416 e. The number of anilines is 1.